The number of benzene rings is 1. The Morgan fingerprint density at radius 1 is 1.42 bits per heavy atom. The van der Waals surface area contributed by atoms with E-state index in [9.17, 15) is 15.0 Å². The van der Waals surface area contributed by atoms with E-state index in [0.717, 1.165) is 5.56 Å². The molecule has 1 aliphatic rings. The van der Waals surface area contributed by atoms with Crippen molar-refractivity contribution < 1.29 is 19.7 Å². The number of hydrogen-bond acceptors (Lipinski definition) is 4. The lowest BCUT2D eigenvalue weighted by molar-refractivity contribution is -0.0232. The smallest absolute Gasteiger partial charge is 0.172 e. The first kappa shape index (κ1) is 13.9. The van der Waals surface area contributed by atoms with Crippen molar-refractivity contribution in [1.29, 1.82) is 0 Å². The molecule has 19 heavy (non-hydrogen) atoms. The molecule has 1 unspecified atom stereocenters. The molecular weight excluding hydrogens is 244 g/mol. The molecule has 0 aliphatic carbocycles. The zero-order chi connectivity index (χ0) is 14.4. The molecule has 0 radical (unpaired) electrons. The molecule has 0 saturated heterocycles. The van der Waals surface area contributed by atoms with Gasteiger partial charge in [-0.05, 0) is 25.5 Å². The summed E-state index contributed by atoms with van der Waals surface area (Å²) in [6, 6.07) is 3.26. The minimum Gasteiger partial charge on any atom is -0.507 e. The number of rotatable bonds is 3. The van der Waals surface area contributed by atoms with Crippen LogP contribution in [-0.2, 0) is 6.42 Å². The lowest BCUT2D eigenvalue weighted by Gasteiger charge is -2.25. The van der Waals surface area contributed by atoms with E-state index in [2.05, 4.69) is 0 Å². The molecular formula is C15H20O4. The van der Waals surface area contributed by atoms with Gasteiger partial charge in [-0.25, -0.2) is 0 Å². The highest BCUT2D eigenvalue weighted by Crippen LogP contribution is 2.40. The number of carbonyl (C=O) groups is 1. The van der Waals surface area contributed by atoms with Crippen LogP contribution >= 0.6 is 0 Å². The standard InChI is InChI=1S/C15H20O4/c1-8(2)13(17)12-10(16)6-5-9-7-11(15(3,4)18)19-14(9)12/h5-6,8,11,16,18H,7H2,1-4H3. The summed E-state index contributed by atoms with van der Waals surface area (Å²) >= 11 is 0. The van der Waals surface area contributed by atoms with Gasteiger partial charge in [0.1, 0.15) is 23.2 Å². The van der Waals surface area contributed by atoms with Crippen LogP contribution in [0, 0.1) is 5.92 Å². The Hall–Kier alpha value is -1.55. The molecule has 0 saturated carbocycles. The molecule has 0 aromatic heterocycles. The summed E-state index contributed by atoms with van der Waals surface area (Å²) in [5.41, 5.74) is 0.0976. The second-order valence-electron chi connectivity index (χ2n) is 5.93. The van der Waals surface area contributed by atoms with Gasteiger partial charge in [0.15, 0.2) is 5.78 Å². The first-order valence-electron chi connectivity index (χ1n) is 6.50. The highest BCUT2D eigenvalue weighted by molar-refractivity contribution is 6.02. The quantitative estimate of drug-likeness (QED) is 0.822. The number of phenolic OH excluding ortho intramolecular Hbond substituents is 1. The number of ether oxygens (including phenoxy) is 1. The van der Waals surface area contributed by atoms with Gasteiger partial charge >= 0.3 is 0 Å². The van der Waals surface area contributed by atoms with Crippen LogP contribution < -0.4 is 4.74 Å². The second kappa shape index (κ2) is 4.53. The van der Waals surface area contributed by atoms with Crippen molar-refractivity contribution in [2.45, 2.75) is 45.8 Å². The maximum atomic E-state index is 12.2. The molecule has 2 N–H and O–H groups in total. The molecule has 1 aromatic rings. The van der Waals surface area contributed by atoms with E-state index >= 15 is 0 Å². The highest BCUT2D eigenvalue weighted by atomic mass is 16.5. The van der Waals surface area contributed by atoms with Gasteiger partial charge in [-0.15, -0.1) is 0 Å². The van der Waals surface area contributed by atoms with Crippen LogP contribution in [0.1, 0.15) is 43.6 Å². The average molecular weight is 264 g/mol. The number of ketones is 1. The van der Waals surface area contributed by atoms with Gasteiger partial charge in [0, 0.05) is 12.3 Å². The minimum absolute atomic E-state index is 0.0613. The second-order valence-corrected chi connectivity index (χ2v) is 5.93. The van der Waals surface area contributed by atoms with Crippen molar-refractivity contribution in [3.05, 3.63) is 23.3 Å². The summed E-state index contributed by atoms with van der Waals surface area (Å²) < 4.78 is 5.72. The van der Waals surface area contributed by atoms with Gasteiger partial charge in [-0.1, -0.05) is 19.9 Å². The fraction of sp³-hybridized carbons (Fsp3) is 0.533. The van der Waals surface area contributed by atoms with Crippen LogP contribution in [0.15, 0.2) is 12.1 Å². The molecule has 4 heteroatoms. The molecule has 2 rings (SSSR count). The lowest BCUT2D eigenvalue weighted by atomic mass is 9.94. The third-order valence-corrected chi connectivity index (χ3v) is 3.44. The van der Waals surface area contributed by atoms with Gasteiger partial charge in [-0.2, -0.15) is 0 Å². The summed E-state index contributed by atoms with van der Waals surface area (Å²) in [5.74, 6) is -0.00685. The van der Waals surface area contributed by atoms with Crippen LogP contribution in [-0.4, -0.2) is 27.7 Å². The van der Waals surface area contributed by atoms with Crippen molar-refractivity contribution in [1.82, 2.24) is 0 Å². The fourth-order valence-electron chi connectivity index (χ4n) is 2.22. The zero-order valence-corrected chi connectivity index (χ0v) is 11.7. The highest BCUT2D eigenvalue weighted by Gasteiger charge is 2.37. The largest absolute Gasteiger partial charge is 0.507 e. The van der Waals surface area contributed by atoms with Crippen molar-refractivity contribution in [3.63, 3.8) is 0 Å². The Morgan fingerprint density at radius 3 is 2.58 bits per heavy atom. The molecule has 0 spiro atoms. The molecule has 0 bridgehead atoms. The Balaban J connectivity index is 2.46. The van der Waals surface area contributed by atoms with Crippen LogP contribution in [0.25, 0.3) is 0 Å². The minimum atomic E-state index is -0.993. The van der Waals surface area contributed by atoms with E-state index in [-0.39, 0.29) is 23.0 Å². The van der Waals surface area contributed by atoms with Crippen molar-refractivity contribution in [2.24, 2.45) is 5.92 Å². The number of Topliss-reactive ketones (excluding diaryl/α,β-unsaturated/α-hetero) is 1. The van der Waals surface area contributed by atoms with Crippen LogP contribution in [0.3, 0.4) is 0 Å². The van der Waals surface area contributed by atoms with Gasteiger partial charge in [0.05, 0.1) is 5.60 Å². The van der Waals surface area contributed by atoms with E-state index in [1.165, 1.54) is 6.07 Å². The van der Waals surface area contributed by atoms with E-state index in [4.69, 9.17) is 4.74 Å². The van der Waals surface area contributed by atoms with E-state index in [1.807, 2.05) is 0 Å². The Bertz CT molecular complexity index is 512. The number of hydrogen-bond donors (Lipinski definition) is 2. The van der Waals surface area contributed by atoms with Crippen LogP contribution in [0.4, 0.5) is 0 Å². The average Bonchev–Trinajstić information content (AvgIpc) is 2.71. The van der Waals surface area contributed by atoms with Gasteiger partial charge < -0.3 is 14.9 Å². The van der Waals surface area contributed by atoms with Gasteiger partial charge in [-0.3, -0.25) is 4.79 Å². The predicted octanol–water partition coefficient (Wildman–Crippen LogP) is 2.31. The summed E-state index contributed by atoms with van der Waals surface area (Å²) in [7, 11) is 0. The van der Waals surface area contributed by atoms with Gasteiger partial charge in [0.2, 0.25) is 0 Å². The summed E-state index contributed by atoms with van der Waals surface area (Å²) in [5, 5.41) is 19.9. The molecule has 4 nitrogen and oxygen atoms in total. The number of aliphatic hydroxyl groups is 1. The summed E-state index contributed by atoms with van der Waals surface area (Å²) in [6.07, 6.45) is 0.139. The first-order valence-corrected chi connectivity index (χ1v) is 6.50. The van der Waals surface area contributed by atoms with Gasteiger partial charge in [0.25, 0.3) is 0 Å². The molecule has 1 aliphatic heterocycles. The van der Waals surface area contributed by atoms with Crippen LogP contribution in [0.2, 0.25) is 0 Å². The molecule has 104 valence electrons. The summed E-state index contributed by atoms with van der Waals surface area (Å²) in [4.78, 5) is 12.2. The topological polar surface area (TPSA) is 66.8 Å². The molecule has 1 atom stereocenters. The fourth-order valence-corrected chi connectivity index (χ4v) is 2.22. The molecule has 0 fully saturated rings. The van der Waals surface area contributed by atoms with Crippen molar-refractivity contribution in [2.75, 3.05) is 0 Å². The Morgan fingerprint density at radius 2 is 2.05 bits per heavy atom. The number of fused-ring (bicyclic) bond motifs is 1. The lowest BCUT2D eigenvalue weighted by Crippen LogP contribution is -2.39. The summed E-state index contributed by atoms with van der Waals surface area (Å²) in [6.45, 7) is 6.91. The van der Waals surface area contributed by atoms with E-state index < -0.39 is 11.7 Å². The van der Waals surface area contributed by atoms with Crippen molar-refractivity contribution >= 4 is 5.78 Å². The Labute approximate surface area is 113 Å². The number of carbonyl (C=O) groups excluding carboxylic acids is 1. The third kappa shape index (κ3) is 2.45. The number of phenols is 1. The monoisotopic (exact) mass is 264 g/mol. The maximum Gasteiger partial charge on any atom is 0.172 e. The predicted molar refractivity (Wildman–Crippen MR) is 71.7 cm³/mol. The molecule has 0 amide bonds. The maximum absolute atomic E-state index is 12.2. The first-order chi connectivity index (χ1) is 8.71. The van der Waals surface area contributed by atoms with E-state index in [1.54, 1.807) is 33.8 Å². The third-order valence-electron chi connectivity index (χ3n) is 3.44. The van der Waals surface area contributed by atoms with Crippen LogP contribution in [0.5, 0.6) is 11.5 Å². The SMILES string of the molecule is CC(C)C(=O)c1c(O)ccc2c1OC(C(C)(C)O)C2. The van der Waals surface area contributed by atoms with Crippen molar-refractivity contribution in [3.8, 4) is 11.5 Å². The number of aromatic hydroxyl groups is 1. The molecule has 1 heterocycles. The zero-order valence-electron chi connectivity index (χ0n) is 11.7. The van der Waals surface area contributed by atoms with E-state index in [0.29, 0.717) is 12.2 Å². The Kier molecular flexibility index (Phi) is 3.31. The normalized spacial score (nSPS) is 18.3. The molecule has 1 aromatic carbocycles.